The number of fused-ring (bicyclic) bond motifs is 2. The fraction of sp³-hybridized carbons (Fsp3) is 0.318. The fourth-order valence-corrected chi connectivity index (χ4v) is 5.08. The first-order chi connectivity index (χ1) is 14.9. The van der Waals surface area contributed by atoms with Crippen LogP contribution in [0, 0.1) is 5.82 Å². The van der Waals surface area contributed by atoms with Crippen molar-refractivity contribution in [3.63, 3.8) is 0 Å². The number of carbonyl (C=O) groups excluding carboxylic acids is 1. The second-order valence-corrected chi connectivity index (χ2v) is 8.95. The lowest BCUT2D eigenvalue weighted by Crippen LogP contribution is -2.56. The van der Waals surface area contributed by atoms with E-state index in [2.05, 4.69) is 4.98 Å². The lowest BCUT2D eigenvalue weighted by molar-refractivity contribution is -0.112. The zero-order valence-corrected chi connectivity index (χ0v) is 18.8. The summed E-state index contributed by atoms with van der Waals surface area (Å²) in [6.07, 6.45) is 4.08. The average Bonchev–Trinajstić information content (AvgIpc) is 3.20. The minimum absolute atomic E-state index is 0. The van der Waals surface area contributed by atoms with Crippen molar-refractivity contribution in [2.75, 3.05) is 6.61 Å². The van der Waals surface area contributed by atoms with Gasteiger partial charge in [0.2, 0.25) is 5.43 Å². The highest BCUT2D eigenvalue weighted by molar-refractivity contribution is 7.15. The van der Waals surface area contributed by atoms with E-state index in [9.17, 15) is 19.1 Å². The monoisotopic (exact) mass is 477 g/mol. The van der Waals surface area contributed by atoms with E-state index in [1.54, 1.807) is 34.0 Å². The number of hydrogen-bond acceptors (Lipinski definition) is 6. The second kappa shape index (κ2) is 8.65. The Morgan fingerprint density at radius 3 is 2.78 bits per heavy atom. The first kappa shape index (κ1) is 22.4. The minimum Gasteiger partial charge on any atom is -0.503 e. The van der Waals surface area contributed by atoms with Crippen molar-refractivity contribution in [2.24, 2.45) is 0 Å². The molecule has 4 heterocycles. The summed E-state index contributed by atoms with van der Waals surface area (Å²) in [5, 5.41) is 11.1. The van der Waals surface area contributed by atoms with Crippen LogP contribution < -0.4 is 5.43 Å². The largest absolute Gasteiger partial charge is 0.503 e. The summed E-state index contributed by atoms with van der Waals surface area (Å²) in [6.45, 7) is 2.83. The first-order valence-corrected chi connectivity index (χ1v) is 10.8. The van der Waals surface area contributed by atoms with Gasteiger partial charge >= 0.3 is 0 Å². The molecule has 2 aliphatic rings. The molecule has 2 atom stereocenters. The van der Waals surface area contributed by atoms with Crippen LogP contribution in [0.4, 0.5) is 4.39 Å². The molecule has 32 heavy (non-hydrogen) atoms. The molecule has 3 aromatic rings. The third kappa shape index (κ3) is 3.80. The molecule has 0 radical (unpaired) electrons. The van der Waals surface area contributed by atoms with Gasteiger partial charge in [-0.2, -0.15) is 0 Å². The van der Waals surface area contributed by atoms with Crippen molar-refractivity contribution in [1.82, 2.24) is 14.5 Å². The number of nitrogens with zero attached hydrogens (tertiary/aromatic N) is 3. The molecule has 1 N–H and O–H groups in total. The molecule has 10 heteroatoms. The maximum Gasteiger partial charge on any atom is 0.276 e. The van der Waals surface area contributed by atoms with E-state index in [1.165, 1.54) is 23.5 Å². The number of aromatic hydroxyl groups is 1. The van der Waals surface area contributed by atoms with Gasteiger partial charge in [0.05, 0.1) is 18.7 Å². The average molecular weight is 478 g/mol. The van der Waals surface area contributed by atoms with Crippen molar-refractivity contribution >= 4 is 29.7 Å². The van der Waals surface area contributed by atoms with Crippen molar-refractivity contribution in [3.8, 4) is 16.3 Å². The molecule has 2 aliphatic heterocycles. The van der Waals surface area contributed by atoms with Crippen LogP contribution in [0.25, 0.3) is 10.6 Å². The van der Waals surface area contributed by atoms with Gasteiger partial charge in [0.15, 0.2) is 17.7 Å². The zero-order chi connectivity index (χ0) is 21.7. The zero-order valence-electron chi connectivity index (χ0n) is 17.2. The molecule has 0 unspecified atom stereocenters. The van der Waals surface area contributed by atoms with Crippen LogP contribution in [0.15, 0.2) is 41.5 Å². The lowest BCUT2D eigenvalue weighted by Gasteiger charge is -2.44. The summed E-state index contributed by atoms with van der Waals surface area (Å²) in [4.78, 5) is 32.7. The Morgan fingerprint density at radius 2 is 2.03 bits per heavy atom. The van der Waals surface area contributed by atoms with Crippen LogP contribution >= 0.6 is 23.7 Å². The smallest absolute Gasteiger partial charge is 0.276 e. The van der Waals surface area contributed by atoms with Gasteiger partial charge in [-0.3, -0.25) is 9.59 Å². The highest BCUT2D eigenvalue weighted by Crippen LogP contribution is 2.32. The Balaban J connectivity index is 0.00000245. The normalized spacial score (nSPS) is 19.8. The summed E-state index contributed by atoms with van der Waals surface area (Å²) in [5.74, 6) is -1.26. The van der Waals surface area contributed by atoms with Crippen LogP contribution in [0.1, 0.15) is 34.3 Å². The topological polar surface area (TPSA) is 84.7 Å². The Hall–Kier alpha value is -2.75. The predicted molar refractivity (Wildman–Crippen MR) is 120 cm³/mol. The molecule has 1 aromatic carbocycles. The van der Waals surface area contributed by atoms with Crippen LogP contribution in [-0.2, 0) is 17.7 Å². The Kier molecular flexibility index (Phi) is 6.07. The number of thiazole rings is 1. The molecule has 1 saturated heterocycles. The fourth-order valence-electron chi connectivity index (χ4n) is 4.13. The molecule has 5 rings (SSSR count). The van der Waals surface area contributed by atoms with Gasteiger partial charge in [-0.25, -0.2) is 9.37 Å². The van der Waals surface area contributed by atoms with Crippen LogP contribution in [0.5, 0.6) is 5.75 Å². The van der Waals surface area contributed by atoms with E-state index in [4.69, 9.17) is 4.74 Å². The Morgan fingerprint density at radius 1 is 1.28 bits per heavy atom. The number of rotatable bonds is 3. The second-order valence-electron chi connectivity index (χ2n) is 7.83. The molecule has 168 valence electrons. The molecule has 7 nitrogen and oxygen atoms in total. The van der Waals surface area contributed by atoms with E-state index in [-0.39, 0.29) is 35.5 Å². The number of carbonyl (C=O) groups is 1. The molecule has 0 saturated carbocycles. The van der Waals surface area contributed by atoms with Crippen LogP contribution in [-0.4, -0.2) is 44.3 Å². The highest BCUT2D eigenvalue weighted by Gasteiger charge is 2.40. The van der Waals surface area contributed by atoms with Crippen molar-refractivity contribution < 1.29 is 19.0 Å². The maximum absolute atomic E-state index is 13.1. The van der Waals surface area contributed by atoms with Gasteiger partial charge in [0.25, 0.3) is 5.91 Å². The van der Waals surface area contributed by atoms with Gasteiger partial charge in [-0.1, -0.05) is 12.1 Å². The van der Waals surface area contributed by atoms with Gasteiger partial charge in [0.1, 0.15) is 10.8 Å². The standard InChI is InChI=1S/C22H20FN3O4S.ClH/c1-12-6-7-30-17-11-25-10-16(19(27)20(28)18(25)22(29)26(12)17)21-24-9-15(31-21)8-13-2-4-14(23)5-3-13;/h2-5,9-10,12,17,28H,6-8,11H2,1H3;1H/t12-,17+;/m1./s1. The first-order valence-electron chi connectivity index (χ1n) is 10.0. The van der Waals surface area contributed by atoms with E-state index in [1.807, 2.05) is 6.92 Å². The molecule has 2 aromatic heterocycles. The molecule has 0 bridgehead atoms. The van der Waals surface area contributed by atoms with Gasteiger partial charge in [-0.15, -0.1) is 23.7 Å². The molecule has 0 spiro atoms. The summed E-state index contributed by atoms with van der Waals surface area (Å²) in [6, 6.07) is 6.19. The number of halogens is 2. The molecule has 0 aliphatic carbocycles. The van der Waals surface area contributed by atoms with Gasteiger partial charge < -0.3 is 19.3 Å². The summed E-state index contributed by atoms with van der Waals surface area (Å²) in [5.41, 5.74) is 0.536. The SMILES string of the molecule is C[C@@H]1CCO[C@H]2Cn3cc(-c4ncc(Cc5ccc(F)cc5)s4)c(=O)c(O)c3C(=O)N12.Cl. The lowest BCUT2D eigenvalue weighted by atomic mass is 10.1. The number of aromatic nitrogens is 2. The third-order valence-electron chi connectivity index (χ3n) is 5.75. The van der Waals surface area contributed by atoms with Crippen LogP contribution in [0.2, 0.25) is 0 Å². The maximum atomic E-state index is 13.1. The molecule has 1 amide bonds. The van der Waals surface area contributed by atoms with Gasteiger partial charge in [0, 0.05) is 29.7 Å². The van der Waals surface area contributed by atoms with E-state index >= 15 is 0 Å². The predicted octanol–water partition coefficient (Wildman–Crippen LogP) is 3.42. The van der Waals surface area contributed by atoms with Crippen molar-refractivity contribution in [1.29, 1.82) is 0 Å². The number of pyridine rings is 1. The Bertz CT molecular complexity index is 1230. The van der Waals surface area contributed by atoms with E-state index < -0.39 is 23.3 Å². The summed E-state index contributed by atoms with van der Waals surface area (Å²) < 4.78 is 20.5. The molecule has 1 fully saturated rings. The summed E-state index contributed by atoms with van der Waals surface area (Å²) in [7, 11) is 0. The van der Waals surface area contributed by atoms with Crippen LogP contribution in [0.3, 0.4) is 0 Å². The summed E-state index contributed by atoms with van der Waals surface area (Å²) >= 11 is 1.33. The third-order valence-corrected chi connectivity index (χ3v) is 6.78. The van der Waals surface area contributed by atoms with Gasteiger partial charge in [-0.05, 0) is 31.0 Å². The number of amides is 1. The minimum atomic E-state index is -0.619. The number of benzene rings is 1. The molecular weight excluding hydrogens is 457 g/mol. The number of hydrogen-bond donors (Lipinski definition) is 1. The highest BCUT2D eigenvalue weighted by atomic mass is 35.5. The number of ether oxygens (including phenoxy) is 1. The Labute approximate surface area is 193 Å². The molecular formula is C22H21ClFN3O4S. The quantitative estimate of drug-likeness (QED) is 0.625. The van der Waals surface area contributed by atoms with Crippen molar-refractivity contribution in [2.45, 2.75) is 38.6 Å². The van der Waals surface area contributed by atoms with Crippen molar-refractivity contribution in [3.05, 3.63) is 68.8 Å². The van der Waals surface area contributed by atoms with E-state index in [0.717, 1.165) is 10.4 Å². The van der Waals surface area contributed by atoms with E-state index in [0.29, 0.717) is 31.0 Å².